The molecule has 3 rings (SSSR count). The molecule has 0 amide bonds. The van der Waals surface area contributed by atoms with Gasteiger partial charge in [-0.25, -0.2) is 0 Å². The molecular weight excluding hydrogens is 266 g/mol. The Hall–Kier alpha value is -2.79. The molecule has 0 unspecified atom stereocenters. The lowest BCUT2D eigenvalue weighted by Crippen LogP contribution is -2.09. The van der Waals surface area contributed by atoms with E-state index in [1.54, 1.807) is 7.11 Å². The Morgan fingerprint density at radius 3 is 2.67 bits per heavy atom. The highest BCUT2D eigenvalue weighted by atomic mass is 16.5. The summed E-state index contributed by atoms with van der Waals surface area (Å²) in [5.74, 6) is 0.798. The van der Waals surface area contributed by atoms with Crippen LogP contribution in [0.1, 0.15) is 11.3 Å². The normalized spacial score (nSPS) is 11.6. The van der Waals surface area contributed by atoms with Gasteiger partial charge in [-0.1, -0.05) is 30.3 Å². The first-order valence-corrected chi connectivity index (χ1v) is 6.51. The Kier molecular flexibility index (Phi) is 3.57. The number of fused-ring (bicyclic) bond motifs is 1. The molecule has 2 aromatic carbocycles. The lowest BCUT2D eigenvalue weighted by atomic mass is 10.1. The Morgan fingerprint density at radius 2 is 1.95 bits per heavy atom. The summed E-state index contributed by atoms with van der Waals surface area (Å²) in [5, 5.41) is 13.9. The summed E-state index contributed by atoms with van der Waals surface area (Å²) in [6.07, 6.45) is 0. The van der Waals surface area contributed by atoms with Crippen molar-refractivity contribution in [1.29, 1.82) is 0 Å². The molecule has 21 heavy (non-hydrogen) atoms. The molecule has 0 aliphatic rings. The van der Waals surface area contributed by atoms with Crippen LogP contribution in [0.4, 0.5) is 0 Å². The van der Waals surface area contributed by atoms with Gasteiger partial charge in [0, 0.05) is 16.5 Å². The number of rotatable bonds is 4. The number of methoxy groups -OCH3 is 1. The first kappa shape index (κ1) is 13.2. The van der Waals surface area contributed by atoms with Crippen LogP contribution in [0.15, 0.2) is 59.7 Å². The van der Waals surface area contributed by atoms with Gasteiger partial charge in [0.05, 0.1) is 12.8 Å². The van der Waals surface area contributed by atoms with Gasteiger partial charge in [0.25, 0.3) is 0 Å². The summed E-state index contributed by atoms with van der Waals surface area (Å²) >= 11 is 0. The summed E-state index contributed by atoms with van der Waals surface area (Å²) in [7, 11) is 1.64. The number of ether oxygens (including phenoxy) is 1. The molecule has 106 valence electrons. The molecule has 1 heterocycles. The van der Waals surface area contributed by atoms with Gasteiger partial charge in [0.1, 0.15) is 11.5 Å². The minimum atomic E-state index is 0.633. The molecule has 0 aliphatic heterocycles. The van der Waals surface area contributed by atoms with Gasteiger partial charge >= 0.3 is 0 Å². The van der Waals surface area contributed by atoms with Crippen LogP contribution in [0, 0.1) is 0 Å². The first-order chi connectivity index (χ1) is 10.3. The van der Waals surface area contributed by atoms with E-state index in [4.69, 9.17) is 9.94 Å². The number of nitrogens with one attached hydrogen (secondary N) is 2. The zero-order valence-electron chi connectivity index (χ0n) is 11.5. The molecule has 0 bridgehead atoms. The second-order valence-corrected chi connectivity index (χ2v) is 4.56. The second-order valence-electron chi connectivity index (χ2n) is 4.56. The van der Waals surface area contributed by atoms with Crippen molar-refractivity contribution in [1.82, 2.24) is 10.6 Å². The van der Waals surface area contributed by atoms with Crippen LogP contribution in [0.2, 0.25) is 0 Å². The number of H-pyrrole nitrogens is 1. The van der Waals surface area contributed by atoms with Gasteiger partial charge in [0.15, 0.2) is 0 Å². The topological polar surface area (TPSA) is 69.6 Å². The molecule has 0 atom stereocenters. The highest BCUT2D eigenvalue weighted by molar-refractivity contribution is 6.13. The molecule has 1 aromatic heterocycles. The van der Waals surface area contributed by atoms with Crippen LogP contribution in [0.5, 0.6) is 5.75 Å². The maximum absolute atomic E-state index is 8.94. The number of hydrazone groups is 1. The van der Waals surface area contributed by atoms with E-state index in [0.29, 0.717) is 5.71 Å². The van der Waals surface area contributed by atoms with Crippen molar-refractivity contribution in [3.8, 4) is 5.75 Å². The van der Waals surface area contributed by atoms with E-state index < -0.39 is 0 Å². The van der Waals surface area contributed by atoms with Gasteiger partial charge in [-0.3, -0.25) is 5.21 Å². The van der Waals surface area contributed by atoms with Gasteiger partial charge < -0.3 is 9.72 Å². The Morgan fingerprint density at radius 1 is 1.14 bits per heavy atom. The van der Waals surface area contributed by atoms with E-state index in [1.807, 2.05) is 60.2 Å². The second kappa shape index (κ2) is 5.68. The molecule has 5 heteroatoms. The Labute approximate surface area is 121 Å². The quantitative estimate of drug-likeness (QED) is 0.508. The van der Waals surface area contributed by atoms with E-state index in [2.05, 4.69) is 10.1 Å². The van der Waals surface area contributed by atoms with Crippen molar-refractivity contribution < 1.29 is 9.94 Å². The van der Waals surface area contributed by atoms with Crippen LogP contribution in [0.25, 0.3) is 10.9 Å². The van der Waals surface area contributed by atoms with E-state index in [1.165, 1.54) is 0 Å². The van der Waals surface area contributed by atoms with Crippen molar-refractivity contribution in [2.24, 2.45) is 5.10 Å². The number of aromatic nitrogens is 1. The van der Waals surface area contributed by atoms with Gasteiger partial charge in [-0.05, 0) is 24.3 Å². The van der Waals surface area contributed by atoms with Crippen LogP contribution < -0.4 is 10.3 Å². The molecule has 3 N–H and O–H groups in total. The minimum absolute atomic E-state index is 0.633. The molecule has 0 aliphatic carbocycles. The Balaban J connectivity index is 2.10. The largest absolute Gasteiger partial charge is 0.497 e. The van der Waals surface area contributed by atoms with Crippen molar-refractivity contribution in [3.63, 3.8) is 0 Å². The number of benzene rings is 2. The first-order valence-electron chi connectivity index (χ1n) is 6.51. The number of hydrogen-bond donors (Lipinski definition) is 3. The predicted octanol–water partition coefficient (Wildman–Crippen LogP) is 2.91. The molecule has 0 spiro atoms. The van der Waals surface area contributed by atoms with E-state index in [-0.39, 0.29) is 0 Å². The zero-order chi connectivity index (χ0) is 14.7. The molecule has 3 aromatic rings. The summed E-state index contributed by atoms with van der Waals surface area (Å²) < 4.78 is 5.23. The van der Waals surface area contributed by atoms with Crippen molar-refractivity contribution >= 4 is 16.6 Å². The zero-order valence-corrected chi connectivity index (χ0v) is 11.5. The third-order valence-corrected chi connectivity index (χ3v) is 3.29. The summed E-state index contributed by atoms with van der Waals surface area (Å²) in [6, 6.07) is 17.4. The average molecular weight is 281 g/mol. The van der Waals surface area contributed by atoms with Crippen molar-refractivity contribution in [2.75, 3.05) is 7.11 Å². The third-order valence-electron chi connectivity index (χ3n) is 3.29. The average Bonchev–Trinajstić information content (AvgIpc) is 2.95. The molecule has 0 saturated carbocycles. The maximum atomic E-state index is 8.94. The molecule has 0 radical (unpaired) electrons. The van der Waals surface area contributed by atoms with Crippen molar-refractivity contribution in [2.45, 2.75) is 0 Å². The molecular formula is C16H15N3O2. The van der Waals surface area contributed by atoms with Gasteiger partial charge in [-0.15, -0.1) is 0 Å². The maximum Gasteiger partial charge on any atom is 0.119 e. The highest BCUT2D eigenvalue weighted by Gasteiger charge is 2.11. The van der Waals surface area contributed by atoms with Crippen LogP contribution in [-0.4, -0.2) is 23.0 Å². The fraction of sp³-hybridized carbons (Fsp3) is 0.0625. The Bertz CT molecular complexity index is 779. The summed E-state index contributed by atoms with van der Waals surface area (Å²) in [5.41, 5.74) is 5.20. The minimum Gasteiger partial charge on any atom is -0.497 e. The van der Waals surface area contributed by atoms with E-state index in [9.17, 15) is 0 Å². The van der Waals surface area contributed by atoms with Crippen molar-refractivity contribution in [3.05, 3.63) is 65.9 Å². The molecule has 0 fully saturated rings. The summed E-state index contributed by atoms with van der Waals surface area (Å²) in [6.45, 7) is 0. The number of aromatic amines is 1. The lowest BCUT2D eigenvalue weighted by Gasteiger charge is -2.03. The highest BCUT2D eigenvalue weighted by Crippen LogP contribution is 2.23. The molecule has 5 nitrogen and oxygen atoms in total. The van der Waals surface area contributed by atoms with Crippen LogP contribution in [0.3, 0.4) is 0 Å². The van der Waals surface area contributed by atoms with E-state index >= 15 is 0 Å². The predicted molar refractivity (Wildman–Crippen MR) is 81.9 cm³/mol. The summed E-state index contributed by atoms with van der Waals surface area (Å²) in [4.78, 5) is 3.29. The third kappa shape index (κ3) is 2.59. The standard InChI is InChI=1S/C16H15N3O2/c1-21-13-7-8-14-12(9-13)10-15(17-14)16(18-19-20)11-5-3-2-4-6-11/h2-10,17,19-20H,1H3/b18-16+. The lowest BCUT2D eigenvalue weighted by molar-refractivity contribution is 0.172. The van der Waals surface area contributed by atoms with E-state index in [0.717, 1.165) is 27.9 Å². The smallest absolute Gasteiger partial charge is 0.119 e. The van der Waals surface area contributed by atoms with Gasteiger partial charge in [-0.2, -0.15) is 10.7 Å². The number of hydrogen-bond acceptors (Lipinski definition) is 4. The number of nitrogens with zero attached hydrogens (tertiary/aromatic N) is 1. The van der Waals surface area contributed by atoms with Crippen LogP contribution in [-0.2, 0) is 0 Å². The monoisotopic (exact) mass is 281 g/mol. The molecule has 0 saturated heterocycles. The SMILES string of the molecule is COc1ccc2[nH]c(/C(=N/NO)c3ccccc3)cc2c1. The fourth-order valence-corrected chi connectivity index (χ4v) is 2.29. The fourth-order valence-electron chi connectivity index (χ4n) is 2.29. The van der Waals surface area contributed by atoms with Crippen LogP contribution >= 0.6 is 0 Å². The van der Waals surface area contributed by atoms with Gasteiger partial charge in [0.2, 0.25) is 0 Å².